The maximum atomic E-state index is 13.6. The Balaban J connectivity index is 1.83. The molecule has 0 N–H and O–H groups in total. The van der Waals surface area contributed by atoms with Gasteiger partial charge in [0.2, 0.25) is 0 Å². The van der Waals surface area contributed by atoms with Crippen LogP contribution in [0.5, 0.6) is 0 Å². The summed E-state index contributed by atoms with van der Waals surface area (Å²) < 4.78 is 21.0. The van der Waals surface area contributed by atoms with E-state index in [1.165, 1.54) is 18.6 Å². The van der Waals surface area contributed by atoms with E-state index in [4.69, 9.17) is 16.3 Å². The number of thioether (sulfide) groups is 1. The molecule has 5 rings (SSSR count). The lowest BCUT2D eigenvalue weighted by atomic mass is 10.0. The van der Waals surface area contributed by atoms with Gasteiger partial charge in [-0.3, -0.25) is 4.57 Å². The molecule has 0 spiro atoms. The molecule has 168 valence electrons. The molecule has 5 nitrogen and oxygen atoms in total. The Morgan fingerprint density at radius 2 is 2.03 bits per heavy atom. The van der Waals surface area contributed by atoms with Gasteiger partial charge in [-0.05, 0) is 49.9 Å². The molecule has 0 radical (unpaired) electrons. The second kappa shape index (κ2) is 8.69. The zero-order valence-electron chi connectivity index (χ0n) is 18.1. The average Bonchev–Trinajstić information content (AvgIpc) is 2.98. The Kier molecular flexibility index (Phi) is 5.90. The molecule has 0 unspecified atom stereocenters. The van der Waals surface area contributed by atoms with Crippen LogP contribution < -0.4 is 10.6 Å². The van der Waals surface area contributed by atoms with Gasteiger partial charge in [0.15, 0.2) is 0 Å². The minimum Gasteiger partial charge on any atom is -0.379 e. The van der Waals surface area contributed by atoms with Gasteiger partial charge < -0.3 is 9.64 Å². The van der Waals surface area contributed by atoms with E-state index in [0.29, 0.717) is 29.2 Å². The molecule has 32 heavy (non-hydrogen) atoms. The number of methoxy groups -OCH3 is 1. The van der Waals surface area contributed by atoms with Gasteiger partial charge in [-0.1, -0.05) is 23.7 Å². The molecule has 0 aliphatic carbocycles. The number of rotatable bonds is 3. The lowest BCUT2D eigenvalue weighted by molar-refractivity contribution is 0.107. The number of halogens is 2. The van der Waals surface area contributed by atoms with Gasteiger partial charge in [0, 0.05) is 41.3 Å². The number of nitrogens with zero attached hydrogens (tertiary/aromatic N) is 3. The number of hydrogen-bond donors (Lipinski definition) is 0. The molecule has 1 aromatic heterocycles. The van der Waals surface area contributed by atoms with Gasteiger partial charge in [0.1, 0.15) is 11.6 Å². The van der Waals surface area contributed by atoms with E-state index < -0.39 is 0 Å². The van der Waals surface area contributed by atoms with Crippen LogP contribution in [0.2, 0.25) is 5.02 Å². The highest BCUT2D eigenvalue weighted by Crippen LogP contribution is 2.45. The molecule has 1 fully saturated rings. The van der Waals surface area contributed by atoms with E-state index in [-0.39, 0.29) is 17.6 Å². The van der Waals surface area contributed by atoms with Crippen LogP contribution in [0.3, 0.4) is 0 Å². The van der Waals surface area contributed by atoms with E-state index in [1.54, 1.807) is 35.6 Å². The Bertz CT molecular complexity index is 1230. The third kappa shape index (κ3) is 3.70. The van der Waals surface area contributed by atoms with Crippen molar-refractivity contribution >= 4 is 40.1 Å². The fourth-order valence-corrected chi connectivity index (χ4v) is 6.46. The summed E-state index contributed by atoms with van der Waals surface area (Å²) in [6, 6.07) is 8.56. The highest BCUT2D eigenvalue weighted by atomic mass is 35.5. The molecule has 8 heteroatoms. The van der Waals surface area contributed by atoms with Crippen molar-refractivity contribution in [1.82, 2.24) is 9.55 Å². The fraction of sp³-hybridized carbons (Fsp3) is 0.417. The molecular weight excluding hydrogens is 449 g/mol. The quantitative estimate of drug-likeness (QED) is 0.512. The second-order valence-corrected chi connectivity index (χ2v) is 9.94. The summed E-state index contributed by atoms with van der Waals surface area (Å²) in [7, 11) is 1.66. The molecule has 3 aromatic rings. The predicted octanol–water partition coefficient (Wildman–Crippen LogP) is 5.36. The van der Waals surface area contributed by atoms with Crippen LogP contribution in [0.1, 0.15) is 26.2 Å². The highest BCUT2D eigenvalue weighted by Gasteiger charge is 2.29. The summed E-state index contributed by atoms with van der Waals surface area (Å²) in [6.07, 6.45) is 3.19. The number of aromatic nitrogens is 2. The Labute approximate surface area is 195 Å². The fourth-order valence-electron chi connectivity index (χ4n) is 4.76. The SMILES string of the molecule is CO[C@H]1CSc2c(-c3ccc(F)cc3)c(Cl)cc3c(N4CCCC[C@@H]4C)nc(=O)n(c23)C1. The van der Waals surface area contributed by atoms with Gasteiger partial charge in [0.25, 0.3) is 0 Å². The van der Waals surface area contributed by atoms with Crippen LogP contribution in [0.4, 0.5) is 10.2 Å². The average molecular weight is 474 g/mol. The Morgan fingerprint density at radius 3 is 2.75 bits per heavy atom. The Morgan fingerprint density at radius 1 is 1.25 bits per heavy atom. The molecule has 1 saturated heterocycles. The first-order valence-corrected chi connectivity index (χ1v) is 12.3. The van der Waals surface area contributed by atoms with E-state index in [1.807, 2.05) is 6.07 Å². The van der Waals surface area contributed by atoms with Gasteiger partial charge in [-0.15, -0.1) is 11.8 Å². The molecule has 2 atom stereocenters. The molecule has 0 saturated carbocycles. The number of anilines is 1. The van der Waals surface area contributed by atoms with E-state index in [0.717, 1.165) is 46.3 Å². The zero-order valence-corrected chi connectivity index (χ0v) is 19.7. The molecule has 2 aromatic carbocycles. The van der Waals surface area contributed by atoms with Crippen molar-refractivity contribution in [3.05, 3.63) is 51.7 Å². The summed E-state index contributed by atoms with van der Waals surface area (Å²) in [5.74, 6) is 1.08. The first-order chi connectivity index (χ1) is 15.5. The first-order valence-electron chi connectivity index (χ1n) is 10.9. The van der Waals surface area contributed by atoms with Crippen molar-refractivity contribution in [1.29, 1.82) is 0 Å². The van der Waals surface area contributed by atoms with Gasteiger partial charge in [-0.2, -0.15) is 4.98 Å². The lowest BCUT2D eigenvalue weighted by Crippen LogP contribution is -2.40. The number of piperidine rings is 1. The van der Waals surface area contributed by atoms with Gasteiger partial charge in [-0.25, -0.2) is 9.18 Å². The van der Waals surface area contributed by atoms with Crippen LogP contribution in [0.15, 0.2) is 40.0 Å². The number of hydrogen-bond acceptors (Lipinski definition) is 5. The normalized spacial score (nSPS) is 21.1. The van der Waals surface area contributed by atoms with Gasteiger partial charge >= 0.3 is 5.69 Å². The summed E-state index contributed by atoms with van der Waals surface area (Å²) in [4.78, 5) is 21.0. The monoisotopic (exact) mass is 473 g/mol. The van der Waals surface area contributed by atoms with Crippen molar-refractivity contribution in [3.8, 4) is 11.1 Å². The third-order valence-electron chi connectivity index (χ3n) is 6.49. The summed E-state index contributed by atoms with van der Waals surface area (Å²) in [5, 5.41) is 1.45. The maximum Gasteiger partial charge on any atom is 0.350 e. The first kappa shape index (κ1) is 21.7. The molecule has 0 amide bonds. The maximum absolute atomic E-state index is 13.6. The van der Waals surface area contributed by atoms with Crippen LogP contribution >= 0.6 is 23.4 Å². The van der Waals surface area contributed by atoms with Crippen molar-refractivity contribution in [3.63, 3.8) is 0 Å². The Hall–Kier alpha value is -2.09. The molecule has 2 aliphatic heterocycles. The van der Waals surface area contributed by atoms with Crippen LogP contribution in [0.25, 0.3) is 22.0 Å². The predicted molar refractivity (Wildman–Crippen MR) is 129 cm³/mol. The van der Waals surface area contributed by atoms with Crippen molar-refractivity contribution < 1.29 is 9.13 Å². The van der Waals surface area contributed by atoms with Crippen molar-refractivity contribution in [2.45, 2.75) is 49.8 Å². The van der Waals surface area contributed by atoms with Crippen LogP contribution in [-0.4, -0.2) is 41.1 Å². The topological polar surface area (TPSA) is 47.4 Å². The molecule has 3 heterocycles. The van der Waals surface area contributed by atoms with Gasteiger partial charge in [0.05, 0.1) is 23.2 Å². The van der Waals surface area contributed by atoms with E-state index >= 15 is 0 Å². The standard InChI is InChI=1S/C24H25ClFN3O2S/c1-14-5-3-4-10-28(14)23-18-11-19(25)20(15-6-8-16(26)9-7-15)22-21(18)29(24(30)27-23)12-17(31-2)13-32-22/h6-9,11,14,17H,3-5,10,12-13H2,1-2H3/t14-,17+/m0/s1. The number of ether oxygens (including phenoxy) is 1. The summed E-state index contributed by atoms with van der Waals surface area (Å²) in [5.41, 5.74) is 2.20. The summed E-state index contributed by atoms with van der Waals surface area (Å²) >= 11 is 8.51. The highest BCUT2D eigenvalue weighted by molar-refractivity contribution is 7.99. The van der Waals surface area contributed by atoms with E-state index in [9.17, 15) is 9.18 Å². The zero-order chi connectivity index (χ0) is 22.4. The number of benzene rings is 2. The smallest absolute Gasteiger partial charge is 0.350 e. The van der Waals surface area contributed by atoms with E-state index in [2.05, 4.69) is 16.8 Å². The molecule has 0 bridgehead atoms. The van der Waals surface area contributed by atoms with Crippen molar-refractivity contribution in [2.24, 2.45) is 0 Å². The largest absolute Gasteiger partial charge is 0.379 e. The summed E-state index contributed by atoms with van der Waals surface area (Å²) in [6.45, 7) is 3.48. The lowest BCUT2D eigenvalue weighted by Gasteiger charge is -2.35. The third-order valence-corrected chi connectivity index (χ3v) is 8.01. The molecule has 2 aliphatic rings. The molecular formula is C24H25ClFN3O2S. The van der Waals surface area contributed by atoms with Crippen molar-refractivity contribution in [2.75, 3.05) is 24.3 Å². The van der Waals surface area contributed by atoms with Crippen LogP contribution in [-0.2, 0) is 11.3 Å². The minimum atomic E-state index is -0.300. The second-order valence-electron chi connectivity index (χ2n) is 8.50. The van der Waals surface area contributed by atoms with Crippen LogP contribution in [0, 0.1) is 5.82 Å². The minimum absolute atomic E-state index is 0.130.